The van der Waals surface area contributed by atoms with E-state index in [0.29, 0.717) is 13.0 Å². The molecule has 0 spiro atoms. The SMILES string of the molecule is O=C1CCc2cc(OCc3nccs3)ccc21. The maximum absolute atomic E-state index is 11.5. The van der Waals surface area contributed by atoms with Gasteiger partial charge in [-0.1, -0.05) is 0 Å². The maximum Gasteiger partial charge on any atom is 0.163 e. The van der Waals surface area contributed by atoms with Crippen LogP contribution in [0.2, 0.25) is 0 Å². The van der Waals surface area contributed by atoms with Gasteiger partial charge in [0.15, 0.2) is 5.78 Å². The summed E-state index contributed by atoms with van der Waals surface area (Å²) in [4.78, 5) is 15.6. The van der Waals surface area contributed by atoms with Gasteiger partial charge in [-0.15, -0.1) is 11.3 Å². The summed E-state index contributed by atoms with van der Waals surface area (Å²) >= 11 is 1.58. The number of fused-ring (bicyclic) bond motifs is 1. The summed E-state index contributed by atoms with van der Waals surface area (Å²) in [6.45, 7) is 0.490. The molecule has 0 aliphatic heterocycles. The molecule has 0 atom stereocenters. The van der Waals surface area contributed by atoms with E-state index in [1.807, 2.05) is 23.6 Å². The zero-order valence-corrected chi connectivity index (χ0v) is 10.00. The molecule has 3 rings (SSSR count). The van der Waals surface area contributed by atoms with Crippen LogP contribution in [0.3, 0.4) is 0 Å². The predicted molar refractivity (Wildman–Crippen MR) is 65.5 cm³/mol. The van der Waals surface area contributed by atoms with Gasteiger partial charge in [-0.2, -0.15) is 0 Å². The lowest BCUT2D eigenvalue weighted by molar-refractivity contribution is 0.0994. The number of carbonyl (C=O) groups is 1. The van der Waals surface area contributed by atoms with E-state index in [2.05, 4.69) is 4.98 Å². The van der Waals surface area contributed by atoms with Crippen LogP contribution in [0.25, 0.3) is 0 Å². The Morgan fingerprint density at radius 3 is 3.12 bits per heavy atom. The number of carbonyl (C=O) groups excluding carboxylic acids is 1. The van der Waals surface area contributed by atoms with E-state index in [9.17, 15) is 4.79 Å². The number of Topliss-reactive ketones (excluding diaryl/α,β-unsaturated/α-hetero) is 1. The topological polar surface area (TPSA) is 39.2 Å². The molecule has 0 saturated heterocycles. The molecule has 4 heteroatoms. The first kappa shape index (κ1) is 10.5. The number of hydrogen-bond donors (Lipinski definition) is 0. The molecule has 0 fully saturated rings. The van der Waals surface area contributed by atoms with Crippen molar-refractivity contribution in [2.24, 2.45) is 0 Å². The molecule has 0 unspecified atom stereocenters. The van der Waals surface area contributed by atoms with Gasteiger partial charge >= 0.3 is 0 Å². The van der Waals surface area contributed by atoms with Crippen molar-refractivity contribution < 1.29 is 9.53 Å². The molecule has 0 amide bonds. The number of aromatic nitrogens is 1. The standard InChI is InChI=1S/C13H11NO2S/c15-12-4-1-9-7-10(2-3-11(9)12)16-8-13-14-5-6-17-13/h2-3,5-7H,1,4,8H2. The number of aryl methyl sites for hydroxylation is 1. The largest absolute Gasteiger partial charge is 0.486 e. The minimum Gasteiger partial charge on any atom is -0.486 e. The molecule has 0 saturated carbocycles. The zero-order chi connectivity index (χ0) is 11.7. The van der Waals surface area contributed by atoms with Gasteiger partial charge in [-0.05, 0) is 30.2 Å². The van der Waals surface area contributed by atoms with Gasteiger partial charge in [0, 0.05) is 23.6 Å². The summed E-state index contributed by atoms with van der Waals surface area (Å²) in [5.41, 5.74) is 1.96. The van der Waals surface area contributed by atoms with Gasteiger partial charge in [0.2, 0.25) is 0 Å². The molecule has 3 nitrogen and oxygen atoms in total. The fraction of sp³-hybridized carbons (Fsp3) is 0.231. The number of rotatable bonds is 3. The Morgan fingerprint density at radius 2 is 2.29 bits per heavy atom. The van der Waals surface area contributed by atoms with Crippen molar-refractivity contribution in [3.05, 3.63) is 45.9 Å². The summed E-state index contributed by atoms with van der Waals surface area (Å²) in [5.74, 6) is 1.06. The second kappa shape index (κ2) is 4.30. The van der Waals surface area contributed by atoms with E-state index in [1.54, 1.807) is 17.5 Å². The van der Waals surface area contributed by atoms with Gasteiger partial charge in [-0.3, -0.25) is 4.79 Å². The summed E-state index contributed by atoms with van der Waals surface area (Å²) in [6, 6.07) is 5.69. The Kier molecular flexibility index (Phi) is 2.65. The van der Waals surface area contributed by atoms with Crippen LogP contribution in [0.15, 0.2) is 29.8 Å². The van der Waals surface area contributed by atoms with E-state index < -0.39 is 0 Å². The van der Waals surface area contributed by atoms with Crippen molar-refractivity contribution in [2.45, 2.75) is 19.4 Å². The number of thiazole rings is 1. The Balaban J connectivity index is 1.74. The molecule has 86 valence electrons. The van der Waals surface area contributed by atoms with E-state index >= 15 is 0 Å². The Bertz CT molecular complexity index is 549. The summed E-state index contributed by atoms with van der Waals surface area (Å²) in [7, 11) is 0. The molecule has 1 aliphatic rings. The fourth-order valence-corrected chi connectivity index (χ4v) is 2.52. The van der Waals surface area contributed by atoms with E-state index in [-0.39, 0.29) is 5.78 Å². The Morgan fingerprint density at radius 1 is 1.35 bits per heavy atom. The van der Waals surface area contributed by atoms with Crippen molar-refractivity contribution >= 4 is 17.1 Å². The lowest BCUT2D eigenvalue weighted by Gasteiger charge is -2.05. The summed E-state index contributed by atoms with van der Waals surface area (Å²) in [5, 5.41) is 2.89. The molecule has 1 aromatic carbocycles. The third kappa shape index (κ3) is 2.08. The number of hydrogen-bond acceptors (Lipinski definition) is 4. The van der Waals surface area contributed by atoms with Crippen molar-refractivity contribution in [3.63, 3.8) is 0 Å². The van der Waals surface area contributed by atoms with E-state index in [1.165, 1.54) is 0 Å². The van der Waals surface area contributed by atoms with Gasteiger partial charge in [0.1, 0.15) is 17.4 Å². The minimum atomic E-state index is 0.242. The minimum absolute atomic E-state index is 0.242. The Labute approximate surface area is 103 Å². The van der Waals surface area contributed by atoms with Crippen LogP contribution in [0, 0.1) is 0 Å². The second-order valence-electron chi connectivity index (χ2n) is 3.96. The number of ketones is 1. The lowest BCUT2D eigenvalue weighted by Crippen LogP contribution is -1.96. The third-order valence-electron chi connectivity index (χ3n) is 2.84. The Hall–Kier alpha value is -1.68. The van der Waals surface area contributed by atoms with Crippen LogP contribution in [0.1, 0.15) is 27.3 Å². The van der Waals surface area contributed by atoms with Crippen molar-refractivity contribution in [1.82, 2.24) is 4.98 Å². The molecule has 1 aliphatic carbocycles. The highest BCUT2D eigenvalue weighted by molar-refractivity contribution is 7.09. The van der Waals surface area contributed by atoms with E-state index in [0.717, 1.165) is 28.3 Å². The number of ether oxygens (including phenoxy) is 1. The fourth-order valence-electron chi connectivity index (χ4n) is 1.99. The quantitative estimate of drug-likeness (QED) is 0.834. The van der Waals surface area contributed by atoms with Crippen molar-refractivity contribution in [3.8, 4) is 5.75 Å². The molecule has 17 heavy (non-hydrogen) atoms. The van der Waals surface area contributed by atoms with Crippen LogP contribution < -0.4 is 4.74 Å². The molecule has 0 N–H and O–H groups in total. The van der Waals surface area contributed by atoms with Crippen LogP contribution in [0.4, 0.5) is 0 Å². The molecule has 0 bridgehead atoms. The maximum atomic E-state index is 11.5. The highest BCUT2D eigenvalue weighted by atomic mass is 32.1. The van der Waals surface area contributed by atoms with Gasteiger partial charge in [0.05, 0.1) is 0 Å². The monoisotopic (exact) mass is 245 g/mol. The van der Waals surface area contributed by atoms with Crippen LogP contribution in [-0.4, -0.2) is 10.8 Å². The van der Waals surface area contributed by atoms with Crippen LogP contribution >= 0.6 is 11.3 Å². The van der Waals surface area contributed by atoms with E-state index in [4.69, 9.17) is 4.74 Å². The highest BCUT2D eigenvalue weighted by Gasteiger charge is 2.19. The highest BCUT2D eigenvalue weighted by Crippen LogP contribution is 2.26. The van der Waals surface area contributed by atoms with Gasteiger partial charge in [-0.25, -0.2) is 4.98 Å². The normalized spacial score (nSPS) is 13.8. The van der Waals surface area contributed by atoms with Crippen LogP contribution in [-0.2, 0) is 13.0 Å². The first-order chi connectivity index (χ1) is 8.33. The molecule has 0 radical (unpaired) electrons. The summed E-state index contributed by atoms with van der Waals surface area (Å²) < 4.78 is 5.65. The second-order valence-corrected chi connectivity index (χ2v) is 4.94. The average Bonchev–Trinajstić information content (AvgIpc) is 2.97. The molecular weight excluding hydrogens is 234 g/mol. The first-order valence-corrected chi connectivity index (χ1v) is 6.38. The first-order valence-electron chi connectivity index (χ1n) is 5.50. The average molecular weight is 245 g/mol. The predicted octanol–water partition coefficient (Wildman–Crippen LogP) is 2.85. The smallest absolute Gasteiger partial charge is 0.163 e. The molecule has 1 heterocycles. The van der Waals surface area contributed by atoms with Crippen LogP contribution in [0.5, 0.6) is 5.75 Å². The number of nitrogens with zero attached hydrogens (tertiary/aromatic N) is 1. The molecule has 2 aromatic rings. The lowest BCUT2D eigenvalue weighted by atomic mass is 10.1. The third-order valence-corrected chi connectivity index (χ3v) is 3.60. The number of benzene rings is 1. The van der Waals surface area contributed by atoms with Crippen molar-refractivity contribution in [1.29, 1.82) is 0 Å². The zero-order valence-electron chi connectivity index (χ0n) is 9.18. The van der Waals surface area contributed by atoms with Gasteiger partial charge < -0.3 is 4.74 Å². The molecular formula is C13H11NO2S. The summed E-state index contributed by atoms with van der Waals surface area (Å²) in [6.07, 6.45) is 3.23. The van der Waals surface area contributed by atoms with Crippen molar-refractivity contribution in [2.75, 3.05) is 0 Å². The van der Waals surface area contributed by atoms with Gasteiger partial charge in [0.25, 0.3) is 0 Å². The molecule has 1 aromatic heterocycles.